The van der Waals surface area contributed by atoms with Crippen LogP contribution in [0.1, 0.15) is 29.7 Å². The molecule has 2 N–H and O–H groups in total. The second-order valence-corrected chi connectivity index (χ2v) is 5.75. The minimum atomic E-state index is 0.00366. The average molecular weight is 289 g/mol. The molecule has 0 aliphatic rings. The van der Waals surface area contributed by atoms with E-state index in [2.05, 4.69) is 36.1 Å². The number of aryl methyl sites for hydroxylation is 1. The maximum absolute atomic E-state index is 6.36. The van der Waals surface area contributed by atoms with Gasteiger partial charge in [-0.25, -0.2) is 0 Å². The highest BCUT2D eigenvalue weighted by Gasteiger charge is 2.09. The number of rotatable bonds is 4. The van der Waals surface area contributed by atoms with E-state index in [4.69, 9.17) is 17.3 Å². The molecule has 2 rings (SSSR count). The highest BCUT2D eigenvalue weighted by atomic mass is 35.5. The molecule has 0 heterocycles. The Labute approximate surface area is 126 Å². The van der Waals surface area contributed by atoms with Crippen molar-refractivity contribution in [2.45, 2.75) is 26.4 Å². The molecule has 3 heteroatoms. The first-order chi connectivity index (χ1) is 9.47. The van der Waals surface area contributed by atoms with Gasteiger partial charge in [-0.2, -0.15) is 0 Å². The first-order valence-electron chi connectivity index (χ1n) is 6.79. The van der Waals surface area contributed by atoms with Crippen LogP contribution in [-0.2, 0) is 6.54 Å². The summed E-state index contributed by atoms with van der Waals surface area (Å²) in [4.78, 5) is 2.15. The van der Waals surface area contributed by atoms with E-state index in [1.54, 1.807) is 0 Å². The van der Waals surface area contributed by atoms with Crippen LogP contribution in [0.25, 0.3) is 0 Å². The summed E-state index contributed by atoms with van der Waals surface area (Å²) in [6.45, 7) is 4.88. The van der Waals surface area contributed by atoms with Gasteiger partial charge in [0.05, 0.1) is 10.7 Å². The quantitative estimate of drug-likeness (QED) is 0.908. The van der Waals surface area contributed by atoms with Gasteiger partial charge in [-0.3, -0.25) is 0 Å². The molecule has 0 aliphatic heterocycles. The normalized spacial score (nSPS) is 12.2. The molecule has 2 nitrogen and oxygen atoms in total. The van der Waals surface area contributed by atoms with Gasteiger partial charge in [-0.05, 0) is 37.1 Å². The third-order valence-electron chi connectivity index (χ3n) is 3.45. The van der Waals surface area contributed by atoms with E-state index in [1.165, 1.54) is 11.1 Å². The van der Waals surface area contributed by atoms with Gasteiger partial charge in [-0.1, -0.05) is 47.5 Å². The van der Waals surface area contributed by atoms with Gasteiger partial charge in [0, 0.05) is 19.6 Å². The molecule has 0 radical (unpaired) electrons. The van der Waals surface area contributed by atoms with Crippen LogP contribution in [0.5, 0.6) is 0 Å². The van der Waals surface area contributed by atoms with Gasteiger partial charge in [-0.15, -0.1) is 0 Å². The summed E-state index contributed by atoms with van der Waals surface area (Å²) in [5, 5.41) is 0.745. The monoisotopic (exact) mass is 288 g/mol. The number of hydrogen-bond donors (Lipinski definition) is 1. The van der Waals surface area contributed by atoms with E-state index < -0.39 is 0 Å². The summed E-state index contributed by atoms with van der Waals surface area (Å²) in [5.41, 5.74) is 10.5. The smallest absolute Gasteiger partial charge is 0.0642 e. The molecular weight excluding hydrogens is 268 g/mol. The lowest BCUT2D eigenvalue weighted by Gasteiger charge is -2.22. The highest BCUT2D eigenvalue weighted by molar-refractivity contribution is 6.33. The molecule has 0 unspecified atom stereocenters. The molecule has 1 atom stereocenters. The van der Waals surface area contributed by atoms with Gasteiger partial charge in [0.15, 0.2) is 0 Å². The summed E-state index contributed by atoms with van der Waals surface area (Å²) < 4.78 is 0. The van der Waals surface area contributed by atoms with Crippen LogP contribution < -0.4 is 10.6 Å². The molecule has 0 fully saturated rings. The first-order valence-corrected chi connectivity index (χ1v) is 7.17. The third-order valence-corrected chi connectivity index (χ3v) is 3.75. The largest absolute Gasteiger partial charge is 0.369 e. The number of benzene rings is 2. The highest BCUT2D eigenvalue weighted by Crippen LogP contribution is 2.28. The van der Waals surface area contributed by atoms with Crippen LogP contribution in [0, 0.1) is 6.92 Å². The Kier molecular flexibility index (Phi) is 4.69. The molecule has 0 aromatic heterocycles. The molecule has 0 amide bonds. The maximum atomic E-state index is 6.36. The molecule has 0 saturated heterocycles. The lowest BCUT2D eigenvalue weighted by atomic mass is 10.1. The van der Waals surface area contributed by atoms with Gasteiger partial charge in [0.1, 0.15) is 0 Å². The Balaban J connectivity index is 2.16. The fourth-order valence-corrected chi connectivity index (χ4v) is 2.50. The second kappa shape index (κ2) is 6.29. The van der Waals surface area contributed by atoms with E-state index >= 15 is 0 Å². The summed E-state index contributed by atoms with van der Waals surface area (Å²) in [6, 6.07) is 14.6. The number of halogens is 1. The summed E-state index contributed by atoms with van der Waals surface area (Å²) in [7, 11) is 2.05. The van der Waals surface area contributed by atoms with Gasteiger partial charge >= 0.3 is 0 Å². The summed E-state index contributed by atoms with van der Waals surface area (Å²) in [5.74, 6) is 0. The molecule has 106 valence electrons. The molecule has 0 aliphatic carbocycles. The number of nitrogens with two attached hydrogens (primary N) is 1. The van der Waals surface area contributed by atoms with Crippen LogP contribution in [0.2, 0.25) is 5.02 Å². The Morgan fingerprint density at radius 1 is 1.15 bits per heavy atom. The van der Waals surface area contributed by atoms with Crippen molar-refractivity contribution in [3.8, 4) is 0 Å². The molecular formula is C17H21ClN2. The fourth-order valence-electron chi connectivity index (χ4n) is 2.17. The zero-order chi connectivity index (χ0) is 14.7. The topological polar surface area (TPSA) is 29.3 Å². The van der Waals surface area contributed by atoms with E-state index in [-0.39, 0.29) is 6.04 Å². The van der Waals surface area contributed by atoms with Crippen LogP contribution in [0.15, 0.2) is 42.5 Å². The van der Waals surface area contributed by atoms with Crippen molar-refractivity contribution in [3.63, 3.8) is 0 Å². The van der Waals surface area contributed by atoms with Crippen molar-refractivity contribution in [1.29, 1.82) is 0 Å². The van der Waals surface area contributed by atoms with Gasteiger partial charge < -0.3 is 10.6 Å². The van der Waals surface area contributed by atoms with Gasteiger partial charge in [0.25, 0.3) is 0 Å². The molecule has 0 spiro atoms. The number of nitrogens with zero attached hydrogens (tertiary/aromatic N) is 1. The summed E-state index contributed by atoms with van der Waals surface area (Å²) >= 11 is 6.36. The van der Waals surface area contributed by atoms with E-state index in [9.17, 15) is 0 Å². The Morgan fingerprint density at radius 2 is 1.80 bits per heavy atom. The Hall–Kier alpha value is -1.51. The minimum absolute atomic E-state index is 0.00366. The zero-order valence-corrected chi connectivity index (χ0v) is 13.0. The van der Waals surface area contributed by atoms with Crippen molar-refractivity contribution in [2.24, 2.45) is 5.73 Å². The predicted molar refractivity (Wildman–Crippen MR) is 87.3 cm³/mol. The van der Waals surface area contributed by atoms with Crippen molar-refractivity contribution < 1.29 is 0 Å². The van der Waals surface area contributed by atoms with E-state index in [0.29, 0.717) is 0 Å². The lowest BCUT2D eigenvalue weighted by molar-refractivity contribution is 0.817. The molecule has 2 aromatic rings. The van der Waals surface area contributed by atoms with Crippen LogP contribution >= 0.6 is 11.6 Å². The molecule has 0 saturated carbocycles. The SMILES string of the molecule is Cc1ccc(CN(C)c2ccc([C@@H](C)N)cc2Cl)cc1. The second-order valence-electron chi connectivity index (χ2n) is 5.34. The summed E-state index contributed by atoms with van der Waals surface area (Å²) in [6.07, 6.45) is 0. The van der Waals surface area contributed by atoms with Crippen LogP contribution in [0.4, 0.5) is 5.69 Å². The average Bonchev–Trinajstić information content (AvgIpc) is 2.41. The van der Waals surface area contributed by atoms with Crippen molar-refractivity contribution in [1.82, 2.24) is 0 Å². The Bertz CT molecular complexity index is 576. The van der Waals surface area contributed by atoms with Crippen molar-refractivity contribution in [3.05, 3.63) is 64.2 Å². The first kappa shape index (κ1) is 14.9. The molecule has 2 aromatic carbocycles. The lowest BCUT2D eigenvalue weighted by Crippen LogP contribution is -2.17. The fraction of sp³-hybridized carbons (Fsp3) is 0.294. The van der Waals surface area contributed by atoms with Crippen molar-refractivity contribution >= 4 is 17.3 Å². The maximum Gasteiger partial charge on any atom is 0.0642 e. The molecule has 20 heavy (non-hydrogen) atoms. The Morgan fingerprint density at radius 3 is 2.35 bits per heavy atom. The van der Waals surface area contributed by atoms with Crippen molar-refractivity contribution in [2.75, 3.05) is 11.9 Å². The molecule has 0 bridgehead atoms. The number of anilines is 1. The van der Waals surface area contributed by atoms with Crippen LogP contribution in [0.3, 0.4) is 0 Å². The standard InChI is InChI=1S/C17H21ClN2/c1-12-4-6-14(7-5-12)11-20(3)17-9-8-15(13(2)19)10-16(17)18/h4-10,13H,11,19H2,1-3H3/t13-/m1/s1. The van der Waals surface area contributed by atoms with Crippen LogP contribution in [-0.4, -0.2) is 7.05 Å². The predicted octanol–water partition coefficient (Wildman–Crippen LogP) is 4.30. The van der Waals surface area contributed by atoms with E-state index in [0.717, 1.165) is 22.8 Å². The number of hydrogen-bond acceptors (Lipinski definition) is 2. The minimum Gasteiger partial charge on any atom is -0.369 e. The van der Waals surface area contributed by atoms with E-state index in [1.807, 2.05) is 32.2 Å². The zero-order valence-electron chi connectivity index (χ0n) is 12.2. The third kappa shape index (κ3) is 3.53. The van der Waals surface area contributed by atoms with Gasteiger partial charge in [0.2, 0.25) is 0 Å².